The molecule has 1 aliphatic carbocycles. The van der Waals surface area contributed by atoms with Gasteiger partial charge in [0.1, 0.15) is 5.78 Å². The average molecular weight is 234 g/mol. The van der Waals surface area contributed by atoms with Gasteiger partial charge in [0.15, 0.2) is 5.78 Å². The van der Waals surface area contributed by atoms with Gasteiger partial charge in [0, 0.05) is 19.7 Å². The minimum atomic E-state index is -0.443. The van der Waals surface area contributed by atoms with Crippen molar-refractivity contribution >= 4 is 11.6 Å². The standard InChI is InChI=1S/C13H18N2O2/c1-8-4-5-12(16)10(6-8)13(17)11-7-15(3)14-9(11)2/h7-8,10H,4-6H2,1-3H3. The van der Waals surface area contributed by atoms with Crippen molar-refractivity contribution in [2.24, 2.45) is 18.9 Å². The number of aryl methyl sites for hydroxylation is 2. The van der Waals surface area contributed by atoms with Crippen molar-refractivity contribution in [3.8, 4) is 0 Å². The zero-order valence-corrected chi connectivity index (χ0v) is 10.6. The second kappa shape index (κ2) is 4.43. The lowest BCUT2D eigenvalue weighted by Gasteiger charge is -2.24. The second-order valence-corrected chi connectivity index (χ2v) is 5.06. The van der Waals surface area contributed by atoms with Gasteiger partial charge in [0.25, 0.3) is 0 Å². The van der Waals surface area contributed by atoms with Crippen molar-refractivity contribution in [3.63, 3.8) is 0 Å². The minimum absolute atomic E-state index is 0.0489. The van der Waals surface area contributed by atoms with Crippen molar-refractivity contribution in [1.29, 1.82) is 0 Å². The summed E-state index contributed by atoms with van der Waals surface area (Å²) in [7, 11) is 1.79. The molecule has 1 aliphatic rings. The van der Waals surface area contributed by atoms with Crippen LogP contribution in [0.1, 0.15) is 42.2 Å². The zero-order valence-electron chi connectivity index (χ0n) is 10.6. The van der Waals surface area contributed by atoms with Gasteiger partial charge in [0.05, 0.1) is 17.2 Å². The number of rotatable bonds is 2. The van der Waals surface area contributed by atoms with E-state index < -0.39 is 5.92 Å². The topological polar surface area (TPSA) is 52.0 Å². The number of Topliss-reactive ketones (excluding diaryl/α,β-unsaturated/α-hetero) is 2. The van der Waals surface area contributed by atoms with Crippen molar-refractivity contribution in [1.82, 2.24) is 9.78 Å². The Morgan fingerprint density at radius 3 is 2.82 bits per heavy atom. The van der Waals surface area contributed by atoms with Crippen molar-refractivity contribution < 1.29 is 9.59 Å². The number of ketones is 2. The maximum Gasteiger partial charge on any atom is 0.176 e. The summed E-state index contributed by atoms with van der Waals surface area (Å²) in [6.07, 6.45) is 3.85. The molecular formula is C13H18N2O2. The van der Waals surface area contributed by atoms with Gasteiger partial charge in [-0.3, -0.25) is 14.3 Å². The van der Waals surface area contributed by atoms with Gasteiger partial charge < -0.3 is 0 Å². The molecule has 1 aromatic rings. The third kappa shape index (κ3) is 2.30. The molecule has 0 radical (unpaired) electrons. The molecule has 2 unspecified atom stereocenters. The zero-order chi connectivity index (χ0) is 12.6. The van der Waals surface area contributed by atoms with Crippen LogP contribution in [0.5, 0.6) is 0 Å². The van der Waals surface area contributed by atoms with E-state index in [1.807, 2.05) is 6.92 Å². The number of hydrogen-bond donors (Lipinski definition) is 0. The van der Waals surface area contributed by atoms with Gasteiger partial charge in [-0.1, -0.05) is 6.92 Å². The summed E-state index contributed by atoms with van der Waals surface area (Å²) in [5.41, 5.74) is 1.31. The summed E-state index contributed by atoms with van der Waals surface area (Å²) >= 11 is 0. The van der Waals surface area contributed by atoms with E-state index in [0.717, 1.165) is 6.42 Å². The summed E-state index contributed by atoms with van der Waals surface area (Å²) in [5.74, 6) is 0.0591. The van der Waals surface area contributed by atoms with Crippen LogP contribution in [0, 0.1) is 18.8 Å². The summed E-state index contributed by atoms with van der Waals surface area (Å²) in [5, 5.41) is 4.16. The van der Waals surface area contributed by atoms with Gasteiger partial charge >= 0.3 is 0 Å². The van der Waals surface area contributed by atoms with Crippen molar-refractivity contribution in [2.75, 3.05) is 0 Å². The van der Waals surface area contributed by atoms with Gasteiger partial charge in [-0.2, -0.15) is 5.10 Å². The fourth-order valence-corrected chi connectivity index (χ4v) is 2.50. The number of nitrogens with zero attached hydrogens (tertiary/aromatic N) is 2. The molecule has 17 heavy (non-hydrogen) atoms. The first-order chi connectivity index (χ1) is 7.99. The Bertz CT molecular complexity index is 462. The van der Waals surface area contributed by atoms with E-state index in [9.17, 15) is 9.59 Å². The Morgan fingerprint density at radius 2 is 2.24 bits per heavy atom. The third-order valence-corrected chi connectivity index (χ3v) is 3.51. The van der Waals surface area contributed by atoms with Gasteiger partial charge in [-0.15, -0.1) is 0 Å². The quantitative estimate of drug-likeness (QED) is 0.580. The Kier molecular flexibility index (Phi) is 3.13. The molecule has 0 saturated heterocycles. The van der Waals surface area contributed by atoms with E-state index in [4.69, 9.17) is 0 Å². The lowest BCUT2D eigenvalue weighted by atomic mass is 9.78. The summed E-state index contributed by atoms with van der Waals surface area (Å²) in [6.45, 7) is 3.91. The van der Waals surface area contributed by atoms with Crippen molar-refractivity contribution in [3.05, 3.63) is 17.5 Å². The lowest BCUT2D eigenvalue weighted by Crippen LogP contribution is -2.30. The number of aromatic nitrogens is 2. The van der Waals surface area contributed by atoms with E-state index >= 15 is 0 Å². The number of carbonyl (C=O) groups excluding carboxylic acids is 2. The molecule has 1 aromatic heterocycles. The SMILES string of the molecule is Cc1nn(C)cc1C(=O)C1CC(C)CCC1=O. The molecule has 2 atom stereocenters. The van der Waals surface area contributed by atoms with Crippen LogP contribution < -0.4 is 0 Å². The molecule has 0 aliphatic heterocycles. The van der Waals surface area contributed by atoms with Gasteiger partial charge in [-0.25, -0.2) is 0 Å². The highest BCUT2D eigenvalue weighted by atomic mass is 16.2. The molecule has 0 amide bonds. The highest BCUT2D eigenvalue weighted by Gasteiger charge is 2.33. The summed E-state index contributed by atoms with van der Waals surface area (Å²) in [4.78, 5) is 24.1. The predicted molar refractivity (Wildman–Crippen MR) is 63.8 cm³/mol. The van der Waals surface area contributed by atoms with Gasteiger partial charge in [0.2, 0.25) is 0 Å². The van der Waals surface area contributed by atoms with E-state index in [0.29, 0.717) is 30.0 Å². The molecule has 1 saturated carbocycles. The van der Waals surface area contributed by atoms with E-state index in [-0.39, 0.29) is 11.6 Å². The molecule has 1 heterocycles. The molecule has 2 rings (SSSR count). The Morgan fingerprint density at radius 1 is 1.53 bits per heavy atom. The molecule has 0 aromatic carbocycles. The van der Waals surface area contributed by atoms with Crippen LogP contribution in [0.4, 0.5) is 0 Å². The van der Waals surface area contributed by atoms with Crippen LogP contribution in [0.3, 0.4) is 0 Å². The minimum Gasteiger partial charge on any atom is -0.299 e. The fourth-order valence-electron chi connectivity index (χ4n) is 2.50. The van der Waals surface area contributed by atoms with Crippen molar-refractivity contribution in [2.45, 2.75) is 33.1 Å². The Balaban J connectivity index is 2.24. The third-order valence-electron chi connectivity index (χ3n) is 3.51. The first kappa shape index (κ1) is 12.0. The van der Waals surface area contributed by atoms with Crippen LogP contribution in [0.2, 0.25) is 0 Å². The first-order valence-corrected chi connectivity index (χ1v) is 6.06. The van der Waals surface area contributed by atoms with E-state index in [2.05, 4.69) is 12.0 Å². The molecule has 0 bridgehead atoms. The average Bonchev–Trinajstić information content (AvgIpc) is 2.60. The van der Waals surface area contributed by atoms with Crippen LogP contribution in [0.25, 0.3) is 0 Å². The second-order valence-electron chi connectivity index (χ2n) is 5.06. The van der Waals surface area contributed by atoms with Crippen LogP contribution >= 0.6 is 0 Å². The summed E-state index contributed by atoms with van der Waals surface area (Å²) in [6, 6.07) is 0. The maximum absolute atomic E-state index is 12.3. The normalized spacial score (nSPS) is 25.0. The fraction of sp³-hybridized carbons (Fsp3) is 0.615. The molecular weight excluding hydrogens is 216 g/mol. The maximum atomic E-state index is 12.3. The van der Waals surface area contributed by atoms with Crippen LogP contribution in [-0.4, -0.2) is 21.3 Å². The largest absolute Gasteiger partial charge is 0.299 e. The Labute approximate surface area is 101 Å². The summed E-state index contributed by atoms with van der Waals surface area (Å²) < 4.78 is 1.62. The van der Waals surface area contributed by atoms with E-state index in [1.165, 1.54) is 0 Å². The molecule has 4 nitrogen and oxygen atoms in total. The van der Waals surface area contributed by atoms with Crippen LogP contribution in [-0.2, 0) is 11.8 Å². The highest BCUT2D eigenvalue weighted by Crippen LogP contribution is 2.29. The molecule has 1 fully saturated rings. The molecule has 0 spiro atoms. The molecule has 92 valence electrons. The molecule has 4 heteroatoms. The first-order valence-electron chi connectivity index (χ1n) is 6.06. The predicted octanol–water partition coefficient (Wildman–Crippen LogP) is 1.92. The monoisotopic (exact) mass is 234 g/mol. The number of carbonyl (C=O) groups is 2. The molecule has 0 N–H and O–H groups in total. The van der Waals surface area contributed by atoms with Crippen LogP contribution in [0.15, 0.2) is 6.20 Å². The highest BCUT2D eigenvalue weighted by molar-refractivity contribution is 6.11. The number of hydrogen-bond acceptors (Lipinski definition) is 3. The van der Waals surface area contributed by atoms with E-state index in [1.54, 1.807) is 17.9 Å². The lowest BCUT2D eigenvalue weighted by molar-refractivity contribution is -0.123. The Hall–Kier alpha value is -1.45. The smallest absolute Gasteiger partial charge is 0.176 e. The van der Waals surface area contributed by atoms with Gasteiger partial charge in [-0.05, 0) is 25.7 Å².